The largest absolute Gasteiger partial charge is 0.312 e. The lowest BCUT2D eigenvalue weighted by molar-refractivity contribution is -0.132. The predicted molar refractivity (Wildman–Crippen MR) is 67.1 cm³/mol. The zero-order chi connectivity index (χ0) is 13.3. The summed E-state index contributed by atoms with van der Waals surface area (Å²) in [6.45, 7) is 7.82. The van der Waals surface area contributed by atoms with E-state index in [1.807, 2.05) is 0 Å². The van der Waals surface area contributed by atoms with Crippen LogP contribution in [0.1, 0.15) is 40.5 Å². The number of amides is 1. The lowest BCUT2D eigenvalue weighted by Gasteiger charge is -2.43. The summed E-state index contributed by atoms with van der Waals surface area (Å²) in [7, 11) is -3.42. The lowest BCUT2D eigenvalue weighted by Crippen LogP contribution is -2.68. The first-order chi connectivity index (χ1) is 7.79. The smallest absolute Gasteiger partial charge is 0.258 e. The van der Waals surface area contributed by atoms with Crippen LogP contribution in [-0.4, -0.2) is 42.5 Å². The van der Waals surface area contributed by atoms with Gasteiger partial charge >= 0.3 is 0 Å². The molecule has 0 aromatic rings. The number of nitrogens with one attached hydrogen (secondary N) is 1. The Bertz CT molecular complexity index is 386. The molecule has 0 radical (unpaired) electrons. The summed E-state index contributed by atoms with van der Waals surface area (Å²) in [6.07, 6.45) is 2.01. The van der Waals surface area contributed by atoms with E-state index < -0.39 is 14.8 Å². The van der Waals surface area contributed by atoms with E-state index >= 15 is 0 Å². The molecule has 0 bridgehead atoms. The highest BCUT2D eigenvalue weighted by molar-refractivity contribution is 7.94. The summed E-state index contributed by atoms with van der Waals surface area (Å²) in [5.41, 5.74) is 0. The van der Waals surface area contributed by atoms with Gasteiger partial charge in [0.05, 0.1) is 0 Å². The number of carbonyl (C=O) groups excluding carboxylic acids is 1. The van der Waals surface area contributed by atoms with Crippen molar-refractivity contribution in [2.24, 2.45) is 0 Å². The van der Waals surface area contributed by atoms with Gasteiger partial charge in [-0.05, 0) is 26.7 Å². The van der Waals surface area contributed by atoms with E-state index in [0.29, 0.717) is 12.6 Å². The molecule has 0 saturated carbocycles. The van der Waals surface area contributed by atoms with E-state index in [9.17, 15) is 13.2 Å². The van der Waals surface area contributed by atoms with Gasteiger partial charge in [0.1, 0.15) is 0 Å². The lowest BCUT2D eigenvalue weighted by atomic mass is 10.1. The van der Waals surface area contributed by atoms with E-state index in [1.165, 1.54) is 13.8 Å². The van der Waals surface area contributed by atoms with Gasteiger partial charge in [0.25, 0.3) is 15.9 Å². The molecule has 0 atom stereocenters. The Morgan fingerprint density at radius 1 is 1.29 bits per heavy atom. The third-order valence-electron chi connectivity index (χ3n) is 3.41. The molecule has 1 aliphatic rings. The Balaban J connectivity index is 2.48. The maximum Gasteiger partial charge on any atom is 0.258 e. The Hall–Kier alpha value is -0.620. The minimum absolute atomic E-state index is 0.237. The van der Waals surface area contributed by atoms with Crippen molar-refractivity contribution < 1.29 is 13.2 Å². The molecule has 0 aliphatic carbocycles. The summed E-state index contributed by atoms with van der Waals surface area (Å²) in [5.74, 6) is -0.302. The van der Waals surface area contributed by atoms with Crippen LogP contribution in [0.15, 0.2) is 0 Å². The molecule has 1 N–H and O–H groups in total. The van der Waals surface area contributed by atoms with Crippen molar-refractivity contribution in [1.82, 2.24) is 9.62 Å². The van der Waals surface area contributed by atoms with E-state index in [2.05, 4.69) is 19.2 Å². The second kappa shape index (κ2) is 4.94. The summed E-state index contributed by atoms with van der Waals surface area (Å²) in [4.78, 5) is 11.6. The summed E-state index contributed by atoms with van der Waals surface area (Å²) in [6, 6.07) is 0.391. The third-order valence-corrected chi connectivity index (χ3v) is 5.80. The minimum atomic E-state index is -3.42. The molecular weight excluding hydrogens is 240 g/mol. The maximum atomic E-state index is 11.8. The van der Waals surface area contributed by atoms with Gasteiger partial charge in [0.15, 0.2) is 4.75 Å². The van der Waals surface area contributed by atoms with Gasteiger partial charge in [-0.25, -0.2) is 12.7 Å². The van der Waals surface area contributed by atoms with Gasteiger partial charge in [-0.3, -0.25) is 4.79 Å². The monoisotopic (exact) mass is 262 g/mol. The summed E-state index contributed by atoms with van der Waals surface area (Å²) in [5, 5.41) is 3.25. The number of hydrogen-bond donors (Lipinski definition) is 1. The molecule has 1 rings (SSSR count). The average Bonchev–Trinajstić information content (AvgIpc) is 2.28. The predicted octanol–water partition coefficient (Wildman–Crippen LogP) is 0.715. The van der Waals surface area contributed by atoms with Gasteiger partial charge < -0.3 is 5.32 Å². The number of sulfonamides is 1. The van der Waals surface area contributed by atoms with Crippen molar-refractivity contribution >= 4 is 15.9 Å². The van der Waals surface area contributed by atoms with Crippen LogP contribution in [0.25, 0.3) is 0 Å². The number of carbonyl (C=O) groups is 1. The van der Waals surface area contributed by atoms with Crippen molar-refractivity contribution in [2.45, 2.75) is 51.3 Å². The normalized spacial score (nSPS) is 21.7. The number of rotatable bonds is 6. The fourth-order valence-corrected chi connectivity index (χ4v) is 3.45. The second-order valence-corrected chi connectivity index (χ2v) is 7.27. The third kappa shape index (κ3) is 2.33. The van der Waals surface area contributed by atoms with Crippen LogP contribution in [0.2, 0.25) is 0 Å². The molecule has 5 nitrogen and oxygen atoms in total. The molecular formula is C11H22N2O3S. The zero-order valence-corrected chi connectivity index (χ0v) is 11.8. The highest BCUT2D eigenvalue weighted by Crippen LogP contribution is 2.34. The van der Waals surface area contributed by atoms with Crippen molar-refractivity contribution in [1.29, 1.82) is 0 Å². The fourth-order valence-electron chi connectivity index (χ4n) is 1.93. The molecule has 1 aliphatic heterocycles. The van der Waals surface area contributed by atoms with Crippen LogP contribution in [0.3, 0.4) is 0 Å². The zero-order valence-electron chi connectivity index (χ0n) is 11.0. The Labute approximate surface area is 104 Å². The molecule has 1 amide bonds. The van der Waals surface area contributed by atoms with E-state index in [-0.39, 0.29) is 12.5 Å². The van der Waals surface area contributed by atoms with E-state index in [1.54, 1.807) is 0 Å². The highest BCUT2D eigenvalue weighted by Gasteiger charge is 2.59. The number of nitrogens with zero attached hydrogens (tertiary/aromatic N) is 1. The maximum absolute atomic E-state index is 11.8. The molecule has 1 fully saturated rings. The van der Waals surface area contributed by atoms with Gasteiger partial charge in [0, 0.05) is 19.1 Å². The average molecular weight is 262 g/mol. The first-order valence-corrected chi connectivity index (χ1v) is 7.53. The second-order valence-electron chi connectivity index (χ2n) is 4.86. The van der Waals surface area contributed by atoms with Gasteiger partial charge in [-0.15, -0.1) is 0 Å². The molecule has 100 valence electrons. The molecule has 1 saturated heterocycles. The van der Waals surface area contributed by atoms with Crippen molar-refractivity contribution in [3.63, 3.8) is 0 Å². The molecule has 6 heteroatoms. The van der Waals surface area contributed by atoms with Crippen molar-refractivity contribution in [2.75, 3.05) is 13.1 Å². The van der Waals surface area contributed by atoms with E-state index in [4.69, 9.17) is 0 Å². The first-order valence-electron chi connectivity index (χ1n) is 6.09. The standard InChI is InChI=1S/C11H22N2O3S/c1-5-9(6-2)12-7-8-13-10(14)11(3,4)17(13,15)16/h9,12H,5-8H2,1-4H3. The van der Waals surface area contributed by atoms with Crippen molar-refractivity contribution in [3.8, 4) is 0 Å². The Morgan fingerprint density at radius 3 is 2.24 bits per heavy atom. The van der Waals surface area contributed by atoms with Crippen LogP contribution in [0.5, 0.6) is 0 Å². The van der Waals surface area contributed by atoms with Gasteiger partial charge in [0.2, 0.25) is 0 Å². The first kappa shape index (κ1) is 14.4. The molecule has 0 aromatic carbocycles. The fraction of sp³-hybridized carbons (Fsp3) is 0.909. The summed E-state index contributed by atoms with van der Waals surface area (Å²) >= 11 is 0. The SMILES string of the molecule is CCC(CC)NCCN1C(=O)C(C)(C)S1(=O)=O. The Kier molecular flexibility index (Phi) is 4.19. The molecule has 0 aromatic heterocycles. The van der Waals surface area contributed by atoms with Gasteiger partial charge in [-0.2, -0.15) is 0 Å². The highest BCUT2D eigenvalue weighted by atomic mass is 32.2. The molecule has 0 spiro atoms. The molecule has 17 heavy (non-hydrogen) atoms. The topological polar surface area (TPSA) is 66.5 Å². The van der Waals surface area contributed by atoms with Crippen LogP contribution >= 0.6 is 0 Å². The molecule has 0 unspecified atom stereocenters. The minimum Gasteiger partial charge on any atom is -0.312 e. The number of hydrogen-bond acceptors (Lipinski definition) is 4. The summed E-state index contributed by atoms with van der Waals surface area (Å²) < 4.78 is 23.3. The van der Waals surface area contributed by atoms with Crippen LogP contribution in [-0.2, 0) is 14.8 Å². The van der Waals surface area contributed by atoms with Crippen molar-refractivity contribution in [3.05, 3.63) is 0 Å². The van der Waals surface area contributed by atoms with Gasteiger partial charge in [-0.1, -0.05) is 13.8 Å². The van der Waals surface area contributed by atoms with Crippen LogP contribution < -0.4 is 5.32 Å². The van der Waals surface area contributed by atoms with Crippen LogP contribution in [0, 0.1) is 0 Å². The van der Waals surface area contributed by atoms with E-state index in [0.717, 1.165) is 17.1 Å². The Morgan fingerprint density at radius 2 is 1.82 bits per heavy atom. The quantitative estimate of drug-likeness (QED) is 0.766. The van der Waals surface area contributed by atoms with Crippen LogP contribution in [0.4, 0.5) is 0 Å². The molecule has 1 heterocycles.